The van der Waals surface area contributed by atoms with Crippen LogP contribution in [0.3, 0.4) is 0 Å². The van der Waals surface area contributed by atoms with Crippen LogP contribution < -0.4 is 10.0 Å². The van der Waals surface area contributed by atoms with Crippen molar-refractivity contribution in [2.24, 2.45) is 9.81 Å². The molecule has 2 aliphatic rings. The van der Waals surface area contributed by atoms with E-state index >= 15 is 0 Å². The summed E-state index contributed by atoms with van der Waals surface area (Å²) in [4.78, 5) is 14.7. The molecule has 0 aromatic heterocycles. The fourth-order valence-electron chi connectivity index (χ4n) is 4.10. The zero-order chi connectivity index (χ0) is 26.5. The number of nitrogens with one attached hydrogen (secondary N) is 2. The van der Waals surface area contributed by atoms with Crippen molar-refractivity contribution < 1.29 is 31.1 Å². The number of hydrogen-bond acceptors (Lipinski definition) is 7. The maximum Gasteiger partial charge on any atom is 0.286 e. The number of sulfonamides is 2. The zero-order valence-electron chi connectivity index (χ0n) is 19.7. The molecule has 0 radical (unpaired) electrons. The number of nitrogens with zero attached hydrogens (tertiary/aromatic N) is 2. The average molecular weight is 537 g/mol. The minimum Gasteiger partial charge on any atom is -0.511 e. The number of carbonyl (C=O) groups is 1. The lowest BCUT2D eigenvalue weighted by Gasteiger charge is -2.40. The standard InChI is InChI=1S/C23H25FN4O6S2/c1-4-23(2)13-28(12-14-5-7-15(24)8-6-14)22(30)19(20(23)29)21-25-17-10-9-16(26-35(3,31)32)11-18(17)36(33,34)27-21/h5-11,26,29H,4,12-13H2,1-3H3,(H,25,27)/t23-/m0/s1. The molecule has 0 spiro atoms. The number of amides is 1. The summed E-state index contributed by atoms with van der Waals surface area (Å²) >= 11 is 0. The minimum atomic E-state index is -4.36. The largest absolute Gasteiger partial charge is 0.511 e. The Bertz CT molecular complexity index is 1520. The number of rotatable bonds is 6. The Morgan fingerprint density at radius 3 is 2.50 bits per heavy atom. The molecule has 192 valence electrons. The quantitative estimate of drug-likeness (QED) is 0.515. The van der Waals surface area contributed by atoms with Gasteiger partial charge in [0, 0.05) is 24.2 Å². The molecule has 10 nitrogen and oxygen atoms in total. The molecule has 2 aliphatic heterocycles. The number of hydrogen-bond donors (Lipinski definition) is 3. The van der Waals surface area contributed by atoms with E-state index in [1.54, 1.807) is 19.1 Å². The summed E-state index contributed by atoms with van der Waals surface area (Å²) in [5.41, 5.74) is -0.409. The lowest BCUT2D eigenvalue weighted by atomic mass is 9.79. The first-order valence-electron chi connectivity index (χ1n) is 10.9. The van der Waals surface area contributed by atoms with Crippen LogP contribution in [0, 0.1) is 11.2 Å². The topological polar surface area (TPSA) is 145 Å². The van der Waals surface area contributed by atoms with E-state index in [1.807, 2.05) is 6.92 Å². The molecule has 0 bridgehead atoms. The van der Waals surface area contributed by atoms with Crippen molar-refractivity contribution in [1.29, 1.82) is 0 Å². The molecule has 2 aromatic rings. The van der Waals surface area contributed by atoms with E-state index in [9.17, 15) is 31.1 Å². The van der Waals surface area contributed by atoms with E-state index in [0.29, 0.717) is 12.0 Å². The fraction of sp³-hybridized carbons (Fsp3) is 0.304. The third-order valence-corrected chi connectivity index (χ3v) is 8.10. The summed E-state index contributed by atoms with van der Waals surface area (Å²) < 4.78 is 68.4. The number of aliphatic hydroxyl groups is 1. The lowest BCUT2D eigenvalue weighted by molar-refractivity contribution is -0.130. The van der Waals surface area contributed by atoms with Gasteiger partial charge >= 0.3 is 0 Å². The second kappa shape index (κ2) is 8.89. The first kappa shape index (κ1) is 25.6. The van der Waals surface area contributed by atoms with Gasteiger partial charge in [0.15, 0.2) is 5.84 Å². The zero-order valence-corrected chi connectivity index (χ0v) is 21.4. The van der Waals surface area contributed by atoms with Crippen molar-refractivity contribution >= 4 is 43.2 Å². The van der Waals surface area contributed by atoms with Crippen LogP contribution in [0.2, 0.25) is 0 Å². The van der Waals surface area contributed by atoms with Gasteiger partial charge in [-0.1, -0.05) is 26.0 Å². The highest BCUT2D eigenvalue weighted by Gasteiger charge is 2.44. The van der Waals surface area contributed by atoms with Gasteiger partial charge in [0.25, 0.3) is 15.9 Å². The Balaban J connectivity index is 1.75. The normalized spacial score (nSPS) is 21.5. The predicted octanol–water partition coefficient (Wildman–Crippen LogP) is 2.98. The molecular formula is C23H25FN4O6S2. The second-order valence-electron chi connectivity index (χ2n) is 9.05. The van der Waals surface area contributed by atoms with E-state index < -0.39 is 37.2 Å². The van der Waals surface area contributed by atoms with Gasteiger partial charge in [0.2, 0.25) is 10.0 Å². The molecule has 0 unspecified atom stereocenters. The maximum atomic E-state index is 13.5. The second-order valence-corrected chi connectivity index (χ2v) is 12.4. The monoisotopic (exact) mass is 536 g/mol. The van der Waals surface area contributed by atoms with Crippen LogP contribution in [0.1, 0.15) is 25.8 Å². The third-order valence-electron chi connectivity index (χ3n) is 6.18. The average Bonchev–Trinajstić information content (AvgIpc) is 2.78. The van der Waals surface area contributed by atoms with Gasteiger partial charge in [0.1, 0.15) is 22.0 Å². The molecule has 2 heterocycles. The highest BCUT2D eigenvalue weighted by molar-refractivity contribution is 7.92. The fourth-order valence-corrected chi connectivity index (χ4v) is 5.81. The van der Waals surface area contributed by atoms with Gasteiger partial charge < -0.3 is 15.3 Å². The Morgan fingerprint density at radius 2 is 1.89 bits per heavy atom. The van der Waals surface area contributed by atoms with Gasteiger partial charge in [-0.05, 0) is 42.3 Å². The summed E-state index contributed by atoms with van der Waals surface area (Å²) in [6.07, 6.45) is 1.37. The van der Waals surface area contributed by atoms with Gasteiger partial charge in [-0.3, -0.25) is 9.52 Å². The molecule has 2 aromatic carbocycles. The molecule has 36 heavy (non-hydrogen) atoms. The molecule has 13 heteroatoms. The Morgan fingerprint density at radius 1 is 1.22 bits per heavy atom. The van der Waals surface area contributed by atoms with Gasteiger partial charge in [-0.25, -0.2) is 12.8 Å². The van der Waals surface area contributed by atoms with Crippen LogP contribution in [0.5, 0.6) is 0 Å². The lowest BCUT2D eigenvalue weighted by Crippen LogP contribution is -2.49. The summed E-state index contributed by atoms with van der Waals surface area (Å²) in [5, 5.41) is 13.9. The number of benzene rings is 2. The molecule has 0 aliphatic carbocycles. The van der Waals surface area contributed by atoms with Gasteiger partial charge in [-0.2, -0.15) is 8.42 Å². The van der Waals surface area contributed by atoms with Crippen LogP contribution >= 0.6 is 0 Å². The predicted molar refractivity (Wildman–Crippen MR) is 133 cm³/mol. The van der Waals surface area contributed by atoms with Crippen molar-refractivity contribution in [2.45, 2.75) is 31.7 Å². The van der Waals surface area contributed by atoms with Crippen LogP contribution in [0.4, 0.5) is 15.8 Å². The molecule has 1 atom stereocenters. The molecular weight excluding hydrogens is 511 g/mol. The van der Waals surface area contributed by atoms with E-state index in [2.05, 4.69) is 14.4 Å². The van der Waals surface area contributed by atoms with Crippen molar-refractivity contribution in [3.05, 3.63) is 65.2 Å². The SMILES string of the molecule is CC[C@@]1(C)CN(Cc2ccc(F)cc2)C(=O)C(C2=NS(=O)(=O)c3cc(NS(C)(=O)=O)ccc3N2)=C1O. The Kier molecular flexibility index (Phi) is 6.33. The van der Waals surface area contributed by atoms with Crippen molar-refractivity contribution in [1.82, 2.24) is 4.90 Å². The van der Waals surface area contributed by atoms with Crippen molar-refractivity contribution in [3.63, 3.8) is 0 Å². The number of aliphatic hydroxyl groups excluding tert-OH is 1. The summed E-state index contributed by atoms with van der Waals surface area (Å²) in [6, 6.07) is 9.47. The van der Waals surface area contributed by atoms with Crippen LogP contribution in [0.25, 0.3) is 0 Å². The van der Waals surface area contributed by atoms with Crippen LogP contribution in [-0.2, 0) is 31.4 Å². The van der Waals surface area contributed by atoms with Crippen LogP contribution in [0.15, 0.2) is 63.1 Å². The number of fused-ring (bicyclic) bond motifs is 1. The third kappa shape index (κ3) is 4.93. The minimum absolute atomic E-state index is 0.0279. The first-order chi connectivity index (χ1) is 16.7. The van der Waals surface area contributed by atoms with E-state index in [-0.39, 0.29) is 46.5 Å². The smallest absolute Gasteiger partial charge is 0.286 e. The molecule has 3 N–H and O–H groups in total. The van der Waals surface area contributed by atoms with Gasteiger partial charge in [0.05, 0.1) is 11.9 Å². The summed E-state index contributed by atoms with van der Waals surface area (Å²) in [5.74, 6) is -1.68. The van der Waals surface area contributed by atoms with Crippen molar-refractivity contribution in [2.75, 3.05) is 22.8 Å². The molecule has 1 amide bonds. The molecule has 4 rings (SSSR count). The van der Waals surface area contributed by atoms with E-state index in [0.717, 1.165) is 12.3 Å². The Labute approximate surface area is 208 Å². The number of carbonyl (C=O) groups excluding carboxylic acids is 1. The maximum absolute atomic E-state index is 13.5. The van der Waals surface area contributed by atoms with E-state index in [1.165, 1.54) is 29.2 Å². The van der Waals surface area contributed by atoms with Crippen molar-refractivity contribution in [3.8, 4) is 0 Å². The number of amidine groups is 1. The van der Waals surface area contributed by atoms with Gasteiger partial charge in [-0.15, -0.1) is 4.40 Å². The Hall–Kier alpha value is -3.45. The molecule has 0 fully saturated rings. The van der Waals surface area contributed by atoms with Crippen LogP contribution in [-0.4, -0.2) is 51.4 Å². The summed E-state index contributed by atoms with van der Waals surface area (Å²) in [6.45, 7) is 3.86. The highest BCUT2D eigenvalue weighted by atomic mass is 32.2. The summed E-state index contributed by atoms with van der Waals surface area (Å²) in [7, 11) is -8.00. The number of halogens is 1. The first-order valence-corrected chi connectivity index (χ1v) is 14.3. The number of anilines is 2. The molecule has 0 saturated heterocycles. The molecule has 0 saturated carbocycles. The van der Waals surface area contributed by atoms with E-state index in [4.69, 9.17) is 0 Å². The highest BCUT2D eigenvalue weighted by Crippen LogP contribution is 2.40.